The van der Waals surface area contributed by atoms with Crippen molar-refractivity contribution >= 4 is 17.4 Å². The summed E-state index contributed by atoms with van der Waals surface area (Å²) in [7, 11) is 0. The average Bonchev–Trinajstić information content (AvgIpc) is 3.04. The number of likely N-dealkylation sites (tertiary alicyclic amines) is 1. The van der Waals surface area contributed by atoms with Crippen LogP contribution in [0.3, 0.4) is 0 Å². The lowest BCUT2D eigenvalue weighted by Gasteiger charge is -2.32. The molecular formula is C19H24FN3O2S. The van der Waals surface area contributed by atoms with Crippen molar-refractivity contribution in [2.75, 3.05) is 19.7 Å². The molecule has 2 heterocycles. The number of aliphatic hydroxyl groups excluding tert-OH is 1. The van der Waals surface area contributed by atoms with Gasteiger partial charge in [0.05, 0.1) is 16.6 Å². The molecule has 0 bridgehead atoms. The quantitative estimate of drug-likeness (QED) is 0.853. The summed E-state index contributed by atoms with van der Waals surface area (Å²) in [5.41, 5.74) is 1.75. The summed E-state index contributed by atoms with van der Waals surface area (Å²) >= 11 is 1.52. The molecule has 2 amide bonds. The number of hydrogen-bond acceptors (Lipinski definition) is 4. The third-order valence-corrected chi connectivity index (χ3v) is 6.21. The molecule has 1 saturated heterocycles. The Bertz CT molecular complexity index is 755. The predicted octanol–water partition coefficient (Wildman–Crippen LogP) is 3.73. The second-order valence-electron chi connectivity index (χ2n) is 6.76. The summed E-state index contributed by atoms with van der Waals surface area (Å²) in [5, 5.41) is 13.1. The lowest BCUT2D eigenvalue weighted by Crippen LogP contribution is -2.45. The first-order valence-corrected chi connectivity index (χ1v) is 9.69. The minimum atomic E-state index is -0.271. The summed E-state index contributed by atoms with van der Waals surface area (Å²) in [6.07, 6.45) is 1.68. The molecule has 1 aliphatic rings. The second kappa shape index (κ2) is 8.14. The van der Waals surface area contributed by atoms with Gasteiger partial charge in [-0.25, -0.2) is 14.2 Å². The van der Waals surface area contributed by atoms with Gasteiger partial charge in [0.15, 0.2) is 0 Å². The molecule has 0 saturated carbocycles. The molecule has 1 aromatic carbocycles. The van der Waals surface area contributed by atoms with Gasteiger partial charge in [0.2, 0.25) is 0 Å². The predicted molar refractivity (Wildman–Crippen MR) is 101 cm³/mol. The number of aromatic nitrogens is 1. The van der Waals surface area contributed by atoms with Gasteiger partial charge in [-0.2, -0.15) is 0 Å². The number of carbonyl (C=O) groups excluding carboxylic acids is 1. The van der Waals surface area contributed by atoms with E-state index in [1.165, 1.54) is 23.5 Å². The van der Waals surface area contributed by atoms with Crippen molar-refractivity contribution in [3.05, 3.63) is 40.7 Å². The molecule has 1 aliphatic heterocycles. The Morgan fingerprint density at radius 1 is 1.38 bits per heavy atom. The van der Waals surface area contributed by atoms with Gasteiger partial charge in [0, 0.05) is 25.3 Å². The summed E-state index contributed by atoms with van der Waals surface area (Å²) < 4.78 is 13.1. The third-order valence-electron chi connectivity index (χ3n) is 4.82. The first-order valence-electron chi connectivity index (χ1n) is 8.87. The molecule has 140 valence electrons. The molecule has 2 aromatic rings. The van der Waals surface area contributed by atoms with E-state index in [0.717, 1.165) is 34.0 Å². The zero-order chi connectivity index (χ0) is 18.7. The molecule has 7 heteroatoms. The first-order chi connectivity index (χ1) is 12.5. The van der Waals surface area contributed by atoms with Crippen LogP contribution in [0.2, 0.25) is 0 Å². The molecule has 3 rings (SSSR count). The lowest BCUT2D eigenvalue weighted by molar-refractivity contribution is 0.136. The van der Waals surface area contributed by atoms with E-state index < -0.39 is 0 Å². The number of carbonyl (C=O) groups is 1. The maximum atomic E-state index is 13.1. The normalized spacial score (nSPS) is 16.5. The molecule has 0 radical (unpaired) electrons. The Kier molecular flexibility index (Phi) is 5.88. The highest BCUT2D eigenvalue weighted by atomic mass is 32.1. The number of amides is 2. The molecule has 1 unspecified atom stereocenters. The number of rotatable bonds is 4. The second-order valence-corrected chi connectivity index (χ2v) is 7.79. The van der Waals surface area contributed by atoms with Gasteiger partial charge < -0.3 is 15.3 Å². The van der Waals surface area contributed by atoms with Crippen molar-refractivity contribution in [3.8, 4) is 10.6 Å². The van der Waals surface area contributed by atoms with Gasteiger partial charge in [-0.3, -0.25) is 0 Å². The Labute approximate surface area is 156 Å². The highest BCUT2D eigenvalue weighted by Crippen LogP contribution is 2.32. The zero-order valence-corrected chi connectivity index (χ0v) is 15.9. The van der Waals surface area contributed by atoms with E-state index in [4.69, 9.17) is 0 Å². The maximum Gasteiger partial charge on any atom is 0.317 e. The minimum absolute atomic E-state index is 0.0787. The smallest absolute Gasteiger partial charge is 0.317 e. The molecule has 1 aromatic heterocycles. The zero-order valence-electron chi connectivity index (χ0n) is 15.0. The van der Waals surface area contributed by atoms with E-state index in [-0.39, 0.29) is 24.5 Å². The number of nitrogens with zero attached hydrogens (tertiary/aromatic N) is 2. The van der Waals surface area contributed by atoms with Gasteiger partial charge >= 0.3 is 6.03 Å². The number of thiazole rings is 1. The number of piperidine rings is 1. The fraction of sp³-hybridized carbons (Fsp3) is 0.474. The number of benzene rings is 1. The fourth-order valence-corrected chi connectivity index (χ4v) is 4.26. The molecule has 0 spiro atoms. The van der Waals surface area contributed by atoms with Crippen molar-refractivity contribution in [3.63, 3.8) is 0 Å². The Balaban J connectivity index is 1.65. The van der Waals surface area contributed by atoms with Crippen molar-refractivity contribution < 1.29 is 14.3 Å². The van der Waals surface area contributed by atoms with Gasteiger partial charge in [-0.15, -0.1) is 11.3 Å². The molecule has 2 N–H and O–H groups in total. The van der Waals surface area contributed by atoms with Crippen LogP contribution in [0.5, 0.6) is 0 Å². The van der Waals surface area contributed by atoms with Crippen LogP contribution in [0, 0.1) is 18.7 Å². The topological polar surface area (TPSA) is 65.5 Å². The minimum Gasteiger partial charge on any atom is -0.396 e. The van der Waals surface area contributed by atoms with Gasteiger partial charge in [0.25, 0.3) is 0 Å². The summed E-state index contributed by atoms with van der Waals surface area (Å²) in [6.45, 7) is 5.41. The summed E-state index contributed by atoms with van der Waals surface area (Å²) in [4.78, 5) is 19.9. The van der Waals surface area contributed by atoms with Gasteiger partial charge in [-0.05, 0) is 56.9 Å². The molecule has 1 fully saturated rings. The van der Waals surface area contributed by atoms with Crippen molar-refractivity contribution in [2.45, 2.75) is 32.7 Å². The van der Waals surface area contributed by atoms with Gasteiger partial charge in [-0.1, -0.05) is 0 Å². The highest BCUT2D eigenvalue weighted by molar-refractivity contribution is 7.15. The maximum absolute atomic E-state index is 13.1. The van der Waals surface area contributed by atoms with E-state index in [1.54, 1.807) is 17.0 Å². The van der Waals surface area contributed by atoms with E-state index in [0.29, 0.717) is 19.0 Å². The molecule has 5 nitrogen and oxygen atoms in total. The van der Waals surface area contributed by atoms with E-state index >= 15 is 0 Å². The average molecular weight is 377 g/mol. The standard InChI is InChI=1S/C19H24FN3O2S/c1-12-17(26-18(21-12)15-3-5-16(20)6-4-15)13(2)22-19(25)23-9-7-14(11-24)8-10-23/h3-6,13-14,24H,7-11H2,1-2H3,(H,22,25). The van der Waals surface area contributed by atoms with E-state index in [1.807, 2.05) is 13.8 Å². The Morgan fingerprint density at radius 2 is 2.04 bits per heavy atom. The van der Waals surface area contributed by atoms with Crippen LogP contribution in [0.15, 0.2) is 24.3 Å². The summed E-state index contributed by atoms with van der Waals surface area (Å²) in [5.74, 6) is 0.0336. The molecule has 0 aliphatic carbocycles. The SMILES string of the molecule is Cc1nc(-c2ccc(F)cc2)sc1C(C)NC(=O)N1CCC(CO)CC1. The fourth-order valence-electron chi connectivity index (χ4n) is 3.19. The number of urea groups is 1. The van der Waals surface area contributed by atoms with Crippen LogP contribution in [0.1, 0.15) is 36.4 Å². The van der Waals surface area contributed by atoms with Crippen LogP contribution in [-0.2, 0) is 0 Å². The largest absolute Gasteiger partial charge is 0.396 e. The molecular weight excluding hydrogens is 353 g/mol. The lowest BCUT2D eigenvalue weighted by atomic mass is 9.98. The molecule has 1 atom stereocenters. The van der Waals surface area contributed by atoms with Crippen molar-refractivity contribution in [1.29, 1.82) is 0 Å². The Morgan fingerprint density at radius 3 is 2.65 bits per heavy atom. The number of halogens is 1. The monoisotopic (exact) mass is 377 g/mol. The van der Waals surface area contributed by atoms with Crippen LogP contribution in [0.4, 0.5) is 9.18 Å². The van der Waals surface area contributed by atoms with Crippen molar-refractivity contribution in [2.24, 2.45) is 5.92 Å². The Hall–Kier alpha value is -1.99. The van der Waals surface area contributed by atoms with Crippen LogP contribution < -0.4 is 5.32 Å². The van der Waals surface area contributed by atoms with Crippen LogP contribution in [0.25, 0.3) is 10.6 Å². The van der Waals surface area contributed by atoms with Crippen LogP contribution >= 0.6 is 11.3 Å². The number of hydrogen-bond donors (Lipinski definition) is 2. The number of nitrogens with one attached hydrogen (secondary N) is 1. The van der Waals surface area contributed by atoms with Crippen LogP contribution in [-0.4, -0.2) is 40.7 Å². The highest BCUT2D eigenvalue weighted by Gasteiger charge is 2.24. The first kappa shape index (κ1) is 18.8. The summed E-state index contributed by atoms with van der Waals surface area (Å²) in [6, 6.07) is 6.05. The number of aliphatic hydroxyl groups is 1. The van der Waals surface area contributed by atoms with Gasteiger partial charge in [0.1, 0.15) is 10.8 Å². The van der Waals surface area contributed by atoms with Crippen molar-refractivity contribution in [1.82, 2.24) is 15.2 Å². The number of aryl methyl sites for hydroxylation is 1. The van der Waals surface area contributed by atoms with E-state index in [9.17, 15) is 14.3 Å². The molecule has 26 heavy (non-hydrogen) atoms. The third kappa shape index (κ3) is 4.22. The van der Waals surface area contributed by atoms with E-state index in [2.05, 4.69) is 10.3 Å².